The number of nitrogens with one attached hydrogen (secondary N) is 1. The molecule has 0 bridgehead atoms. The zero-order valence-corrected chi connectivity index (χ0v) is 16.2. The lowest BCUT2D eigenvalue weighted by atomic mass is 10.1. The summed E-state index contributed by atoms with van der Waals surface area (Å²) in [5, 5.41) is 9.94. The summed E-state index contributed by atoms with van der Waals surface area (Å²) in [6.07, 6.45) is -2.30. The highest BCUT2D eigenvalue weighted by Gasteiger charge is 2.29. The Bertz CT molecular complexity index is 887. The number of halogens is 3. The SMILES string of the molecule is CCC(=O)Cc1cc(C(C)NC(=O)c2cc(C)c(OCC(F)(F)F)nn2)ccn1. The van der Waals surface area contributed by atoms with Crippen LogP contribution in [0.4, 0.5) is 13.2 Å². The van der Waals surface area contributed by atoms with Crippen LogP contribution in [-0.2, 0) is 11.2 Å². The molecule has 0 radical (unpaired) electrons. The molecule has 0 saturated heterocycles. The fraction of sp³-hybridized carbons (Fsp3) is 0.421. The van der Waals surface area contributed by atoms with Crippen LogP contribution in [0.25, 0.3) is 0 Å². The van der Waals surface area contributed by atoms with Crippen molar-refractivity contribution in [2.45, 2.75) is 45.8 Å². The molecule has 1 atom stereocenters. The lowest BCUT2D eigenvalue weighted by Gasteiger charge is -2.15. The van der Waals surface area contributed by atoms with E-state index in [4.69, 9.17) is 0 Å². The predicted molar refractivity (Wildman–Crippen MR) is 97.4 cm³/mol. The molecule has 0 aromatic carbocycles. The number of ether oxygens (including phenoxy) is 1. The van der Waals surface area contributed by atoms with E-state index < -0.39 is 24.7 Å². The number of alkyl halides is 3. The van der Waals surface area contributed by atoms with Gasteiger partial charge in [-0.1, -0.05) is 6.92 Å². The Morgan fingerprint density at radius 3 is 2.59 bits per heavy atom. The van der Waals surface area contributed by atoms with Crippen LogP contribution in [0.1, 0.15) is 53.6 Å². The molecule has 2 aromatic rings. The molecule has 1 N–H and O–H groups in total. The highest BCUT2D eigenvalue weighted by Crippen LogP contribution is 2.20. The molecular formula is C19H21F3N4O3. The summed E-state index contributed by atoms with van der Waals surface area (Å²) in [4.78, 5) is 28.2. The number of ketones is 1. The zero-order valence-electron chi connectivity index (χ0n) is 16.2. The summed E-state index contributed by atoms with van der Waals surface area (Å²) < 4.78 is 41.3. The number of amides is 1. The summed E-state index contributed by atoms with van der Waals surface area (Å²) in [7, 11) is 0. The molecule has 2 heterocycles. The second-order valence-corrected chi connectivity index (χ2v) is 6.47. The molecule has 0 spiro atoms. The topological polar surface area (TPSA) is 94.1 Å². The number of hydrogen-bond acceptors (Lipinski definition) is 6. The van der Waals surface area contributed by atoms with Crippen molar-refractivity contribution in [2.24, 2.45) is 0 Å². The van der Waals surface area contributed by atoms with E-state index in [1.807, 2.05) is 0 Å². The van der Waals surface area contributed by atoms with E-state index in [9.17, 15) is 22.8 Å². The summed E-state index contributed by atoms with van der Waals surface area (Å²) in [5.41, 5.74) is 1.56. The van der Waals surface area contributed by atoms with Crippen LogP contribution in [-0.4, -0.2) is 39.7 Å². The van der Waals surface area contributed by atoms with Crippen LogP contribution in [0.15, 0.2) is 24.4 Å². The molecule has 29 heavy (non-hydrogen) atoms. The van der Waals surface area contributed by atoms with Crippen LogP contribution in [0.2, 0.25) is 0 Å². The first kappa shape index (κ1) is 22.3. The van der Waals surface area contributed by atoms with Gasteiger partial charge >= 0.3 is 6.18 Å². The number of carbonyl (C=O) groups excluding carboxylic acids is 2. The van der Waals surface area contributed by atoms with E-state index in [1.165, 1.54) is 13.0 Å². The number of aromatic nitrogens is 3. The molecule has 156 valence electrons. The average molecular weight is 410 g/mol. The number of pyridine rings is 1. The van der Waals surface area contributed by atoms with Gasteiger partial charge in [0, 0.05) is 30.3 Å². The third kappa shape index (κ3) is 6.81. The number of rotatable bonds is 8. The number of Topliss-reactive ketones (excluding diaryl/α,β-unsaturated/α-hetero) is 1. The molecular weight excluding hydrogens is 389 g/mol. The van der Waals surface area contributed by atoms with Gasteiger partial charge in [-0.3, -0.25) is 14.6 Å². The van der Waals surface area contributed by atoms with E-state index in [-0.39, 0.29) is 29.3 Å². The van der Waals surface area contributed by atoms with E-state index in [0.717, 1.165) is 5.56 Å². The first-order valence-electron chi connectivity index (χ1n) is 8.90. The Morgan fingerprint density at radius 1 is 1.24 bits per heavy atom. The van der Waals surface area contributed by atoms with E-state index in [1.54, 1.807) is 32.2 Å². The summed E-state index contributed by atoms with van der Waals surface area (Å²) in [6, 6.07) is 4.35. The van der Waals surface area contributed by atoms with Crippen molar-refractivity contribution in [2.75, 3.05) is 6.61 Å². The Balaban J connectivity index is 2.05. The molecule has 1 amide bonds. The highest BCUT2D eigenvalue weighted by molar-refractivity contribution is 5.92. The maximum absolute atomic E-state index is 12.4. The third-order valence-electron chi connectivity index (χ3n) is 4.01. The van der Waals surface area contributed by atoms with Crippen molar-refractivity contribution in [3.63, 3.8) is 0 Å². The largest absolute Gasteiger partial charge is 0.467 e. The molecule has 10 heteroatoms. The van der Waals surface area contributed by atoms with Crippen molar-refractivity contribution in [3.05, 3.63) is 46.9 Å². The molecule has 2 rings (SSSR count). The number of hydrogen-bond donors (Lipinski definition) is 1. The van der Waals surface area contributed by atoms with Crippen molar-refractivity contribution >= 4 is 11.7 Å². The van der Waals surface area contributed by atoms with Gasteiger partial charge in [0.1, 0.15) is 5.78 Å². The van der Waals surface area contributed by atoms with Gasteiger partial charge < -0.3 is 10.1 Å². The number of nitrogens with zero attached hydrogens (tertiary/aromatic N) is 3. The lowest BCUT2D eigenvalue weighted by Crippen LogP contribution is -2.28. The molecule has 7 nitrogen and oxygen atoms in total. The first-order valence-corrected chi connectivity index (χ1v) is 8.90. The van der Waals surface area contributed by atoms with Crippen LogP contribution in [0.5, 0.6) is 5.88 Å². The quantitative estimate of drug-likeness (QED) is 0.719. The normalized spacial score (nSPS) is 12.3. The standard InChI is InChI=1S/C19H21F3N4O3/c1-4-15(27)9-14-8-13(5-6-23-14)12(3)24-17(28)16-7-11(2)18(26-25-16)29-10-19(20,21)22/h5-8,12H,4,9-10H2,1-3H3,(H,24,28). The van der Waals surface area contributed by atoms with Gasteiger partial charge in [0.05, 0.1) is 6.04 Å². The van der Waals surface area contributed by atoms with Gasteiger partial charge in [0.15, 0.2) is 12.3 Å². The molecule has 0 aliphatic heterocycles. The highest BCUT2D eigenvalue weighted by atomic mass is 19.4. The maximum atomic E-state index is 12.4. The smallest absolute Gasteiger partial charge is 0.422 e. The lowest BCUT2D eigenvalue weighted by molar-refractivity contribution is -0.154. The molecule has 0 aliphatic rings. The van der Waals surface area contributed by atoms with Crippen LogP contribution >= 0.6 is 0 Å². The van der Waals surface area contributed by atoms with Crippen molar-refractivity contribution in [1.29, 1.82) is 0 Å². The van der Waals surface area contributed by atoms with Gasteiger partial charge in [-0.25, -0.2) is 0 Å². The molecule has 2 aromatic heterocycles. The van der Waals surface area contributed by atoms with Crippen molar-refractivity contribution < 1.29 is 27.5 Å². The first-order chi connectivity index (χ1) is 13.6. The van der Waals surface area contributed by atoms with Gasteiger partial charge in [0.25, 0.3) is 5.91 Å². The van der Waals surface area contributed by atoms with Gasteiger partial charge in [-0.2, -0.15) is 13.2 Å². The van der Waals surface area contributed by atoms with Crippen molar-refractivity contribution in [1.82, 2.24) is 20.5 Å². The van der Waals surface area contributed by atoms with Crippen molar-refractivity contribution in [3.8, 4) is 5.88 Å². The maximum Gasteiger partial charge on any atom is 0.422 e. The minimum absolute atomic E-state index is 0.0517. The third-order valence-corrected chi connectivity index (χ3v) is 4.01. The van der Waals surface area contributed by atoms with Crippen LogP contribution < -0.4 is 10.1 Å². The Labute approximate surface area is 165 Å². The predicted octanol–water partition coefficient (Wildman–Crippen LogP) is 3.13. The second-order valence-electron chi connectivity index (χ2n) is 6.47. The average Bonchev–Trinajstić information content (AvgIpc) is 2.66. The summed E-state index contributed by atoms with van der Waals surface area (Å²) >= 11 is 0. The Morgan fingerprint density at radius 2 is 1.97 bits per heavy atom. The minimum Gasteiger partial charge on any atom is -0.467 e. The Hall–Kier alpha value is -3.04. The number of carbonyl (C=O) groups is 2. The van der Waals surface area contributed by atoms with Gasteiger partial charge in [0.2, 0.25) is 5.88 Å². The Kier molecular flexibility index (Phi) is 7.24. The van der Waals surface area contributed by atoms with Gasteiger partial charge in [-0.05, 0) is 37.6 Å². The summed E-state index contributed by atoms with van der Waals surface area (Å²) in [5.74, 6) is -0.769. The summed E-state index contributed by atoms with van der Waals surface area (Å²) in [6.45, 7) is 3.51. The van der Waals surface area contributed by atoms with E-state index in [2.05, 4.69) is 25.2 Å². The van der Waals surface area contributed by atoms with Gasteiger partial charge in [-0.15, -0.1) is 10.2 Å². The molecule has 1 unspecified atom stereocenters. The molecule has 0 fully saturated rings. The fourth-order valence-electron chi connectivity index (χ4n) is 2.42. The van der Waals surface area contributed by atoms with E-state index in [0.29, 0.717) is 12.1 Å². The minimum atomic E-state index is -4.50. The fourth-order valence-corrected chi connectivity index (χ4v) is 2.42. The second kappa shape index (κ2) is 9.44. The van der Waals surface area contributed by atoms with E-state index >= 15 is 0 Å². The number of aryl methyl sites for hydroxylation is 1. The molecule has 0 aliphatic carbocycles. The molecule has 0 saturated carbocycles. The van der Waals surface area contributed by atoms with Crippen LogP contribution in [0.3, 0.4) is 0 Å². The zero-order chi connectivity index (χ0) is 21.6. The monoisotopic (exact) mass is 410 g/mol. The van der Waals surface area contributed by atoms with Crippen LogP contribution in [0, 0.1) is 6.92 Å².